The van der Waals surface area contributed by atoms with Gasteiger partial charge in [0.2, 0.25) is 15.9 Å². The first-order valence-corrected chi connectivity index (χ1v) is 9.09. The molecule has 0 bridgehead atoms. The van der Waals surface area contributed by atoms with Crippen LogP contribution in [0.15, 0.2) is 24.3 Å². The average Bonchev–Trinajstić information content (AvgIpc) is 2.46. The summed E-state index contributed by atoms with van der Waals surface area (Å²) >= 11 is 0. The van der Waals surface area contributed by atoms with Crippen LogP contribution in [-0.4, -0.2) is 32.7 Å². The van der Waals surface area contributed by atoms with Crippen LogP contribution >= 0.6 is 0 Å². The smallest absolute Gasteiger partial charge is 0.241 e. The van der Waals surface area contributed by atoms with Gasteiger partial charge in [-0.3, -0.25) is 9.10 Å². The number of carbonyl (C=O) groups is 1. The highest BCUT2D eigenvalue weighted by Gasteiger charge is 2.26. The largest absolute Gasteiger partial charge is 0.325 e. The lowest BCUT2D eigenvalue weighted by molar-refractivity contribution is -0.118. The number of rotatable bonds is 4. The molecule has 1 atom stereocenters. The Morgan fingerprint density at radius 2 is 2.05 bits per heavy atom. The third-order valence-electron chi connectivity index (χ3n) is 3.77. The Labute approximate surface area is 131 Å². The number of hydrogen-bond acceptors (Lipinski definition) is 4. The molecule has 1 aliphatic heterocycles. The van der Waals surface area contributed by atoms with Crippen molar-refractivity contribution in [1.29, 1.82) is 0 Å². The van der Waals surface area contributed by atoms with Crippen molar-refractivity contribution in [2.45, 2.75) is 32.7 Å². The second-order valence-corrected chi connectivity index (χ2v) is 7.92. The molecule has 0 spiro atoms. The minimum atomic E-state index is -3.26. The number of nitrogens with zero attached hydrogens (tertiary/aromatic N) is 1. The highest BCUT2D eigenvalue weighted by Crippen LogP contribution is 2.26. The first-order valence-electron chi connectivity index (χ1n) is 7.48. The maximum absolute atomic E-state index is 12.1. The van der Waals surface area contributed by atoms with Crippen molar-refractivity contribution >= 4 is 27.3 Å². The van der Waals surface area contributed by atoms with Crippen LogP contribution in [0.5, 0.6) is 0 Å². The number of hydrogen-bond donors (Lipinski definition) is 2. The zero-order valence-electron chi connectivity index (χ0n) is 13.0. The Morgan fingerprint density at radius 3 is 2.68 bits per heavy atom. The Kier molecular flexibility index (Phi) is 5.08. The number of sulfonamides is 1. The molecule has 0 aliphatic carbocycles. The maximum Gasteiger partial charge on any atom is 0.241 e. The van der Waals surface area contributed by atoms with E-state index in [9.17, 15) is 13.2 Å². The van der Waals surface area contributed by atoms with Crippen LogP contribution in [0.1, 0.15) is 26.7 Å². The summed E-state index contributed by atoms with van der Waals surface area (Å²) in [5.41, 5.74) is 6.95. The van der Waals surface area contributed by atoms with Crippen LogP contribution in [0.4, 0.5) is 11.4 Å². The molecule has 3 N–H and O–H groups in total. The molecule has 1 aliphatic rings. The van der Waals surface area contributed by atoms with Crippen molar-refractivity contribution in [3.63, 3.8) is 0 Å². The van der Waals surface area contributed by atoms with Gasteiger partial charge in [0.05, 0.1) is 17.5 Å². The minimum Gasteiger partial charge on any atom is -0.325 e. The molecule has 0 saturated carbocycles. The lowest BCUT2D eigenvalue weighted by Gasteiger charge is -2.28. The molecule has 1 fully saturated rings. The molecule has 1 saturated heterocycles. The predicted octanol–water partition coefficient (Wildman–Crippen LogP) is 1.54. The molecule has 122 valence electrons. The predicted molar refractivity (Wildman–Crippen MR) is 88.3 cm³/mol. The van der Waals surface area contributed by atoms with Crippen molar-refractivity contribution in [2.75, 3.05) is 21.9 Å². The summed E-state index contributed by atoms with van der Waals surface area (Å²) in [4.78, 5) is 12.0. The molecule has 1 heterocycles. The van der Waals surface area contributed by atoms with Crippen molar-refractivity contribution in [1.82, 2.24) is 0 Å². The van der Waals surface area contributed by atoms with Crippen LogP contribution in [0.25, 0.3) is 0 Å². The van der Waals surface area contributed by atoms with Crippen molar-refractivity contribution in [3.8, 4) is 0 Å². The number of nitrogens with one attached hydrogen (secondary N) is 1. The zero-order chi connectivity index (χ0) is 16.3. The van der Waals surface area contributed by atoms with Crippen LogP contribution in [0.3, 0.4) is 0 Å². The summed E-state index contributed by atoms with van der Waals surface area (Å²) in [5, 5.41) is 2.74. The van der Waals surface area contributed by atoms with Gasteiger partial charge in [0, 0.05) is 12.2 Å². The fraction of sp³-hybridized carbons (Fsp3) is 0.533. The Balaban J connectivity index is 2.18. The maximum atomic E-state index is 12.1. The summed E-state index contributed by atoms with van der Waals surface area (Å²) in [6, 6.07) is 6.28. The van der Waals surface area contributed by atoms with E-state index in [1.807, 2.05) is 13.8 Å². The van der Waals surface area contributed by atoms with Gasteiger partial charge < -0.3 is 11.1 Å². The molecule has 1 aromatic carbocycles. The minimum absolute atomic E-state index is 0.0330. The molecule has 1 aromatic rings. The third-order valence-corrected chi connectivity index (χ3v) is 5.64. The Bertz CT molecular complexity index is 643. The first-order chi connectivity index (χ1) is 10.3. The van der Waals surface area contributed by atoms with Crippen LogP contribution in [0, 0.1) is 5.92 Å². The average molecular weight is 325 g/mol. The van der Waals surface area contributed by atoms with Crippen molar-refractivity contribution in [3.05, 3.63) is 24.3 Å². The van der Waals surface area contributed by atoms with Gasteiger partial charge in [-0.25, -0.2) is 8.42 Å². The molecule has 0 radical (unpaired) electrons. The van der Waals surface area contributed by atoms with E-state index in [0.29, 0.717) is 24.3 Å². The first kappa shape index (κ1) is 16.8. The van der Waals surface area contributed by atoms with Gasteiger partial charge in [-0.1, -0.05) is 19.9 Å². The molecular weight excluding hydrogens is 302 g/mol. The number of nitrogens with two attached hydrogens (primary N) is 1. The summed E-state index contributed by atoms with van der Waals surface area (Å²) in [5.74, 6) is -0.0683. The fourth-order valence-corrected chi connectivity index (χ4v) is 3.98. The Morgan fingerprint density at radius 1 is 1.32 bits per heavy atom. The van der Waals surface area contributed by atoms with Crippen molar-refractivity contribution in [2.24, 2.45) is 11.7 Å². The third kappa shape index (κ3) is 3.78. The zero-order valence-corrected chi connectivity index (χ0v) is 13.8. The molecular formula is C15H23N3O3S. The van der Waals surface area contributed by atoms with Gasteiger partial charge in [-0.15, -0.1) is 0 Å². The second-order valence-electron chi connectivity index (χ2n) is 5.90. The van der Waals surface area contributed by atoms with E-state index in [0.717, 1.165) is 6.42 Å². The van der Waals surface area contributed by atoms with Gasteiger partial charge in [0.1, 0.15) is 0 Å². The molecule has 0 unspecified atom stereocenters. The van der Waals surface area contributed by atoms with Gasteiger partial charge in [0.15, 0.2) is 0 Å². The van der Waals surface area contributed by atoms with E-state index in [-0.39, 0.29) is 17.6 Å². The highest BCUT2D eigenvalue weighted by molar-refractivity contribution is 7.92. The highest BCUT2D eigenvalue weighted by atomic mass is 32.2. The molecule has 7 heteroatoms. The lowest BCUT2D eigenvalue weighted by Crippen LogP contribution is -2.40. The second kappa shape index (κ2) is 6.66. The van der Waals surface area contributed by atoms with E-state index in [1.54, 1.807) is 24.3 Å². The summed E-state index contributed by atoms with van der Waals surface area (Å²) in [7, 11) is -3.26. The van der Waals surface area contributed by atoms with Gasteiger partial charge in [-0.2, -0.15) is 0 Å². The summed E-state index contributed by atoms with van der Waals surface area (Å²) in [6.07, 6.45) is 1.53. The number of anilines is 2. The monoisotopic (exact) mass is 325 g/mol. The standard InChI is InChI=1S/C15H23N3O3S/c1-11(2)14(16)15(19)17-12-6-5-7-13(10-12)18-8-3-4-9-22(18,20)21/h5-7,10-11,14H,3-4,8-9,16H2,1-2H3,(H,17,19)/t14-/m0/s1. The number of benzene rings is 1. The topological polar surface area (TPSA) is 92.5 Å². The van der Waals surface area contributed by atoms with Crippen molar-refractivity contribution < 1.29 is 13.2 Å². The van der Waals surface area contributed by atoms with E-state index in [2.05, 4.69) is 5.32 Å². The number of carbonyl (C=O) groups excluding carboxylic acids is 1. The van der Waals surface area contributed by atoms with Crippen LogP contribution in [-0.2, 0) is 14.8 Å². The van der Waals surface area contributed by atoms with E-state index in [1.165, 1.54) is 4.31 Å². The molecule has 6 nitrogen and oxygen atoms in total. The van der Waals surface area contributed by atoms with Gasteiger partial charge in [-0.05, 0) is 37.0 Å². The lowest BCUT2D eigenvalue weighted by atomic mass is 10.0. The molecule has 22 heavy (non-hydrogen) atoms. The van der Waals surface area contributed by atoms with E-state index in [4.69, 9.17) is 5.73 Å². The van der Waals surface area contributed by atoms with Crippen LogP contribution < -0.4 is 15.4 Å². The Hall–Kier alpha value is -1.60. The molecule has 0 aromatic heterocycles. The SMILES string of the molecule is CC(C)[C@H](N)C(=O)Nc1cccc(N2CCCCS2(=O)=O)c1. The van der Waals surface area contributed by atoms with Gasteiger partial charge >= 0.3 is 0 Å². The molecule has 1 amide bonds. The van der Waals surface area contributed by atoms with E-state index >= 15 is 0 Å². The van der Waals surface area contributed by atoms with Gasteiger partial charge in [0.25, 0.3) is 0 Å². The quantitative estimate of drug-likeness (QED) is 0.878. The summed E-state index contributed by atoms with van der Waals surface area (Å²) < 4.78 is 25.7. The molecule has 2 rings (SSSR count). The van der Waals surface area contributed by atoms with E-state index < -0.39 is 16.1 Å². The number of amides is 1. The van der Waals surface area contributed by atoms with Crippen LogP contribution in [0.2, 0.25) is 0 Å². The fourth-order valence-electron chi connectivity index (χ4n) is 2.35. The summed E-state index contributed by atoms with van der Waals surface area (Å²) in [6.45, 7) is 4.23. The normalized spacial score (nSPS) is 19.0.